The van der Waals surface area contributed by atoms with Gasteiger partial charge < -0.3 is 63.8 Å². The Morgan fingerprint density at radius 2 is 0.375 bits per heavy atom. The minimum Gasteiger partial charge on any atom is -0.310 e. The average Bonchev–Trinajstić information content (AvgIpc) is 3.73. The van der Waals surface area contributed by atoms with Crippen LogP contribution in [0, 0.1) is 0 Å². The molecule has 0 saturated carbocycles. The Hall–Kier alpha value is -0.480. The summed E-state index contributed by atoms with van der Waals surface area (Å²) < 4.78 is 0. The molecule has 0 radical (unpaired) electrons. The van der Waals surface area contributed by atoms with Gasteiger partial charge in [-0.3, -0.25) is 0 Å². The van der Waals surface area contributed by atoms with Gasteiger partial charge in [0.25, 0.3) is 0 Å². The molecule has 16 unspecified atom stereocenters. The van der Waals surface area contributed by atoms with Crippen LogP contribution in [0.15, 0.2) is 0 Å². The van der Waals surface area contributed by atoms with Gasteiger partial charge in [-0.05, 0) is 25.7 Å². The molecule has 0 spiro atoms. The zero-order valence-corrected chi connectivity index (χ0v) is 23.7. The summed E-state index contributed by atoms with van der Waals surface area (Å²) in [6.07, 6.45) is 4.66. The molecular formula is C28H52N12. The zero-order valence-electron chi connectivity index (χ0n) is 23.7. The quantitative estimate of drug-likeness (QED) is 0.138. The van der Waals surface area contributed by atoms with Gasteiger partial charge in [0.1, 0.15) is 0 Å². The fraction of sp³-hybridized carbons (Fsp3) is 1.00. The Balaban J connectivity index is 1.05. The number of hydrogen-bond acceptors (Lipinski definition) is 12. The second-order valence-electron chi connectivity index (χ2n) is 14.3. The first kappa shape index (κ1) is 26.0. The summed E-state index contributed by atoms with van der Waals surface area (Å²) in [5.74, 6) is 0. The van der Waals surface area contributed by atoms with Crippen molar-refractivity contribution in [3.05, 3.63) is 0 Å². The summed E-state index contributed by atoms with van der Waals surface area (Å²) >= 11 is 0. The van der Waals surface area contributed by atoms with Crippen molar-refractivity contribution in [3.63, 3.8) is 0 Å². The van der Waals surface area contributed by atoms with Crippen molar-refractivity contribution in [3.8, 4) is 0 Å². The molecule has 9 heterocycles. The summed E-state index contributed by atoms with van der Waals surface area (Å²) in [4.78, 5) is 0. The van der Waals surface area contributed by atoms with E-state index >= 15 is 0 Å². The molecule has 16 atom stereocenters. The zero-order chi connectivity index (χ0) is 26.2. The highest BCUT2D eigenvalue weighted by Gasteiger charge is 2.54. The van der Waals surface area contributed by atoms with Gasteiger partial charge in [0.2, 0.25) is 0 Å². The fourth-order valence-corrected chi connectivity index (χ4v) is 10.8. The SMILES string of the molecule is C1CNC2C3CC4NC(CC5NC(CC6NC(CC(N3)C2N1)C1NCCNC61)C1NCCNC51)C1NCCNC41. The van der Waals surface area contributed by atoms with Crippen molar-refractivity contribution in [2.24, 2.45) is 0 Å². The second-order valence-corrected chi connectivity index (χ2v) is 14.3. The fourth-order valence-electron chi connectivity index (χ4n) is 10.8. The van der Waals surface area contributed by atoms with E-state index in [1.807, 2.05) is 0 Å². The first-order valence-electron chi connectivity index (χ1n) is 16.7. The molecule has 9 saturated heterocycles. The van der Waals surface area contributed by atoms with E-state index in [4.69, 9.17) is 0 Å². The van der Waals surface area contributed by atoms with Crippen molar-refractivity contribution in [2.75, 3.05) is 52.4 Å². The molecule has 8 bridgehead atoms. The van der Waals surface area contributed by atoms with Crippen LogP contribution in [-0.2, 0) is 0 Å². The molecule has 9 aliphatic heterocycles. The number of nitrogens with one attached hydrogen (secondary N) is 12. The Bertz CT molecular complexity index is 716. The van der Waals surface area contributed by atoms with E-state index in [2.05, 4.69) is 63.8 Å². The molecule has 12 heteroatoms. The number of fused-ring (bicyclic) bond motifs is 20. The first-order chi connectivity index (χ1) is 19.8. The minimum atomic E-state index is 0.476. The third-order valence-corrected chi connectivity index (χ3v) is 12.3. The van der Waals surface area contributed by atoms with Gasteiger partial charge in [0.15, 0.2) is 0 Å². The van der Waals surface area contributed by atoms with Crippen molar-refractivity contribution in [1.29, 1.82) is 0 Å². The van der Waals surface area contributed by atoms with Gasteiger partial charge >= 0.3 is 0 Å². The Labute approximate surface area is 238 Å². The van der Waals surface area contributed by atoms with E-state index in [0.717, 1.165) is 78.0 Å². The summed E-state index contributed by atoms with van der Waals surface area (Å²) in [6.45, 7) is 8.53. The maximum atomic E-state index is 4.21. The molecule has 0 aliphatic carbocycles. The lowest BCUT2D eigenvalue weighted by Gasteiger charge is -2.36. The van der Waals surface area contributed by atoms with Crippen molar-refractivity contribution < 1.29 is 0 Å². The number of piperazine rings is 4. The lowest BCUT2D eigenvalue weighted by atomic mass is 9.87. The van der Waals surface area contributed by atoms with E-state index in [1.54, 1.807) is 0 Å². The van der Waals surface area contributed by atoms with Crippen molar-refractivity contribution in [1.82, 2.24) is 63.8 Å². The Morgan fingerprint density at radius 3 is 0.525 bits per heavy atom. The molecule has 0 amide bonds. The topological polar surface area (TPSA) is 144 Å². The molecule has 0 aromatic carbocycles. The molecule has 9 fully saturated rings. The van der Waals surface area contributed by atoms with E-state index < -0.39 is 0 Å². The minimum absolute atomic E-state index is 0.476. The van der Waals surface area contributed by atoms with Crippen molar-refractivity contribution in [2.45, 2.75) is 122 Å². The van der Waals surface area contributed by atoms with E-state index in [1.165, 1.54) is 0 Å². The van der Waals surface area contributed by atoms with E-state index in [9.17, 15) is 0 Å². The summed E-state index contributed by atoms with van der Waals surface area (Å²) in [7, 11) is 0. The van der Waals surface area contributed by atoms with Crippen LogP contribution in [-0.4, -0.2) is 149 Å². The highest BCUT2D eigenvalue weighted by Crippen LogP contribution is 2.34. The molecule has 9 aliphatic rings. The summed E-state index contributed by atoms with van der Waals surface area (Å²) in [5.41, 5.74) is 0. The highest BCUT2D eigenvalue weighted by molar-refractivity contribution is 5.19. The van der Waals surface area contributed by atoms with Crippen LogP contribution in [0.5, 0.6) is 0 Å². The molecule has 0 aromatic rings. The average molecular weight is 557 g/mol. The first-order valence-corrected chi connectivity index (χ1v) is 16.7. The molecule has 9 rings (SSSR count). The Kier molecular flexibility index (Phi) is 6.88. The lowest BCUT2D eigenvalue weighted by Crippen LogP contribution is -2.62. The van der Waals surface area contributed by atoms with Gasteiger partial charge in [-0.25, -0.2) is 0 Å². The summed E-state index contributed by atoms with van der Waals surface area (Å²) in [6, 6.07) is 7.75. The van der Waals surface area contributed by atoms with Crippen LogP contribution in [0.1, 0.15) is 25.7 Å². The van der Waals surface area contributed by atoms with Gasteiger partial charge in [0, 0.05) is 149 Å². The summed E-state index contributed by atoms with van der Waals surface area (Å²) in [5, 5.41) is 48.4. The Morgan fingerprint density at radius 1 is 0.225 bits per heavy atom. The third-order valence-electron chi connectivity index (χ3n) is 12.3. The molecule has 0 aromatic heterocycles. The molecule has 12 nitrogen and oxygen atoms in total. The van der Waals surface area contributed by atoms with E-state index in [0.29, 0.717) is 96.7 Å². The van der Waals surface area contributed by atoms with Crippen LogP contribution >= 0.6 is 0 Å². The molecule has 40 heavy (non-hydrogen) atoms. The van der Waals surface area contributed by atoms with Gasteiger partial charge in [0.05, 0.1) is 0 Å². The second kappa shape index (κ2) is 10.6. The van der Waals surface area contributed by atoms with E-state index in [-0.39, 0.29) is 0 Å². The third kappa shape index (κ3) is 4.33. The standard InChI is InChI=1S/C28H52N12/c1-2-30-22-14-10-16-24-26(34-6-5-32-24)18(39-16)12-20-28-27(35-7-8-36-28)19(40-20)11-17-25-23(31-3-4-33-25)15(38-17)9-13(37-14)21(22)29-1/h13-40H,1-12H2. The van der Waals surface area contributed by atoms with Gasteiger partial charge in [-0.15, -0.1) is 0 Å². The van der Waals surface area contributed by atoms with Crippen LogP contribution in [0.2, 0.25) is 0 Å². The van der Waals surface area contributed by atoms with Crippen LogP contribution in [0.25, 0.3) is 0 Å². The number of rotatable bonds is 0. The maximum Gasteiger partial charge on any atom is 0.0392 e. The highest BCUT2D eigenvalue weighted by atomic mass is 15.3. The predicted octanol–water partition coefficient (Wildman–Crippen LogP) is -5.36. The normalized spacial score (nSPS) is 57.6. The predicted molar refractivity (Wildman–Crippen MR) is 156 cm³/mol. The number of hydrogen-bond donors (Lipinski definition) is 12. The van der Waals surface area contributed by atoms with Crippen LogP contribution < -0.4 is 63.8 Å². The lowest BCUT2D eigenvalue weighted by molar-refractivity contribution is 0.275. The molecule has 224 valence electrons. The van der Waals surface area contributed by atoms with Crippen molar-refractivity contribution >= 4 is 0 Å². The molecule has 12 N–H and O–H groups in total. The van der Waals surface area contributed by atoms with Crippen LogP contribution in [0.3, 0.4) is 0 Å². The largest absolute Gasteiger partial charge is 0.310 e. The van der Waals surface area contributed by atoms with Gasteiger partial charge in [-0.1, -0.05) is 0 Å². The monoisotopic (exact) mass is 556 g/mol. The molecular weight excluding hydrogens is 504 g/mol. The smallest absolute Gasteiger partial charge is 0.0392 e. The van der Waals surface area contributed by atoms with Crippen LogP contribution in [0.4, 0.5) is 0 Å². The maximum absolute atomic E-state index is 4.21. The van der Waals surface area contributed by atoms with Gasteiger partial charge in [-0.2, -0.15) is 0 Å².